The molecule has 31 heavy (non-hydrogen) atoms. The van der Waals surface area contributed by atoms with Crippen LogP contribution in [-0.2, 0) is 4.79 Å². The van der Waals surface area contributed by atoms with Crippen molar-refractivity contribution in [2.75, 3.05) is 17.0 Å². The Hall–Kier alpha value is -3.31. The van der Waals surface area contributed by atoms with E-state index in [-0.39, 0.29) is 5.91 Å². The topological polar surface area (TPSA) is 35.9 Å². The van der Waals surface area contributed by atoms with Crippen LogP contribution in [0.25, 0.3) is 10.8 Å². The zero-order valence-electron chi connectivity index (χ0n) is 18.0. The molecule has 0 N–H and O–H groups in total. The average Bonchev–Trinajstić information content (AvgIpc) is 3.24. The molecule has 0 unspecified atom stereocenters. The lowest BCUT2D eigenvalue weighted by Gasteiger charge is -2.16. The van der Waals surface area contributed by atoms with Crippen LogP contribution in [0.4, 0.5) is 11.4 Å². The molecular weight excluding hydrogens is 402 g/mol. The number of aryl methyl sites for hydroxylation is 1. The number of anilines is 2. The van der Waals surface area contributed by atoms with Gasteiger partial charge in [0.2, 0.25) is 0 Å². The Bertz CT molecular complexity index is 1320. The Kier molecular flexibility index (Phi) is 4.71. The van der Waals surface area contributed by atoms with Gasteiger partial charge in [-0.2, -0.15) is 10.1 Å². The third-order valence-corrected chi connectivity index (χ3v) is 6.93. The molecule has 0 bridgehead atoms. The lowest BCUT2D eigenvalue weighted by Crippen LogP contribution is -2.22. The highest BCUT2D eigenvalue weighted by Crippen LogP contribution is 2.49. The van der Waals surface area contributed by atoms with E-state index in [1.807, 2.05) is 45.0 Å². The first kappa shape index (κ1) is 19.6. The summed E-state index contributed by atoms with van der Waals surface area (Å²) in [5, 5.41) is 9.61. The number of nitrogens with zero attached hydrogens (tertiary/aromatic N) is 3. The molecule has 4 nitrogen and oxygen atoms in total. The summed E-state index contributed by atoms with van der Waals surface area (Å²) < 4.78 is 0. The molecule has 0 spiro atoms. The van der Waals surface area contributed by atoms with Gasteiger partial charge in [0.1, 0.15) is 0 Å². The Morgan fingerprint density at radius 3 is 2.52 bits per heavy atom. The maximum absolute atomic E-state index is 13.2. The summed E-state index contributed by atoms with van der Waals surface area (Å²) in [5.74, 6) is -0.0793. The van der Waals surface area contributed by atoms with Crippen LogP contribution < -0.4 is 9.91 Å². The summed E-state index contributed by atoms with van der Waals surface area (Å²) in [6, 6.07) is 20.6. The highest BCUT2D eigenvalue weighted by molar-refractivity contribution is 8.03. The molecule has 0 atom stereocenters. The molecule has 5 rings (SSSR count). The Morgan fingerprint density at radius 1 is 1.00 bits per heavy atom. The van der Waals surface area contributed by atoms with Gasteiger partial charge in [0, 0.05) is 17.3 Å². The highest BCUT2D eigenvalue weighted by atomic mass is 32.2. The van der Waals surface area contributed by atoms with Gasteiger partial charge in [-0.3, -0.25) is 4.79 Å². The summed E-state index contributed by atoms with van der Waals surface area (Å²) in [4.78, 5) is 16.6. The lowest BCUT2D eigenvalue weighted by molar-refractivity contribution is -0.114. The number of allylic oxidation sites excluding steroid dienone is 2. The lowest BCUT2D eigenvalue weighted by atomic mass is 10.0. The van der Waals surface area contributed by atoms with E-state index in [0.717, 1.165) is 27.6 Å². The third-order valence-electron chi connectivity index (χ3n) is 5.77. The van der Waals surface area contributed by atoms with Crippen LogP contribution >= 0.6 is 11.8 Å². The molecule has 0 radical (unpaired) electrons. The largest absolute Gasteiger partial charge is 0.338 e. The van der Waals surface area contributed by atoms with Gasteiger partial charge in [-0.1, -0.05) is 59.8 Å². The monoisotopic (exact) mass is 425 g/mol. The molecule has 2 heterocycles. The second kappa shape index (κ2) is 7.43. The minimum absolute atomic E-state index is 0.0793. The molecule has 2 aliphatic heterocycles. The van der Waals surface area contributed by atoms with Crippen LogP contribution in [0.1, 0.15) is 19.4 Å². The molecule has 5 heteroatoms. The number of benzene rings is 3. The predicted octanol–water partition coefficient (Wildman–Crippen LogP) is 6.27. The van der Waals surface area contributed by atoms with E-state index in [2.05, 4.69) is 59.5 Å². The average molecular weight is 426 g/mol. The molecule has 154 valence electrons. The minimum Gasteiger partial charge on any atom is -0.338 e. The summed E-state index contributed by atoms with van der Waals surface area (Å²) in [5.41, 5.74) is 5.50. The van der Waals surface area contributed by atoms with Gasteiger partial charge in [-0.05, 0) is 56.0 Å². The van der Waals surface area contributed by atoms with Crippen molar-refractivity contribution in [3.8, 4) is 0 Å². The molecule has 0 aromatic heterocycles. The molecule has 2 aliphatic rings. The molecule has 0 aliphatic carbocycles. The summed E-state index contributed by atoms with van der Waals surface area (Å²) in [6.45, 7) is 5.92. The van der Waals surface area contributed by atoms with Crippen LogP contribution in [0, 0.1) is 6.92 Å². The molecule has 3 aromatic rings. The molecule has 0 fully saturated rings. The highest BCUT2D eigenvalue weighted by Gasteiger charge is 2.31. The SMILES string of the molecule is CC1=NN(c2ccc(C)cc2)C(=O)C1=C(C)/C=C1\Sc2ccc3ccccc3c2N1C. The number of carbonyl (C=O) groups excluding carboxylic acids is 1. The maximum Gasteiger partial charge on any atom is 0.280 e. The first-order chi connectivity index (χ1) is 14.9. The van der Waals surface area contributed by atoms with E-state index < -0.39 is 0 Å². The number of thioether (sulfide) groups is 1. The van der Waals surface area contributed by atoms with Gasteiger partial charge in [0.15, 0.2) is 0 Å². The van der Waals surface area contributed by atoms with Gasteiger partial charge in [-0.15, -0.1) is 0 Å². The van der Waals surface area contributed by atoms with Crippen molar-refractivity contribution in [3.63, 3.8) is 0 Å². The summed E-state index contributed by atoms with van der Waals surface area (Å²) >= 11 is 1.74. The van der Waals surface area contributed by atoms with Crippen LogP contribution in [0.5, 0.6) is 0 Å². The number of rotatable bonds is 2. The Labute approximate surface area is 186 Å². The number of amides is 1. The number of hydrogen-bond acceptors (Lipinski definition) is 4. The zero-order valence-corrected chi connectivity index (χ0v) is 18.8. The van der Waals surface area contributed by atoms with E-state index in [0.29, 0.717) is 5.57 Å². The van der Waals surface area contributed by atoms with E-state index >= 15 is 0 Å². The van der Waals surface area contributed by atoms with Crippen molar-refractivity contribution in [3.05, 3.63) is 88.5 Å². The van der Waals surface area contributed by atoms with Crippen molar-refractivity contribution in [1.82, 2.24) is 0 Å². The van der Waals surface area contributed by atoms with Gasteiger partial charge in [-0.25, -0.2) is 0 Å². The quantitative estimate of drug-likeness (QED) is 0.454. The standard InChI is InChI=1S/C26H23N3OS/c1-16-9-12-20(13-10-16)29-26(30)24(18(3)27-29)17(2)15-23-28(4)25-21-8-6-5-7-19(21)11-14-22(25)31-23/h5-15H,1-4H3/b23-15-,24-17?. The van der Waals surface area contributed by atoms with E-state index in [4.69, 9.17) is 0 Å². The molecule has 0 saturated carbocycles. The third kappa shape index (κ3) is 3.26. The van der Waals surface area contributed by atoms with Crippen molar-refractivity contribution >= 4 is 45.5 Å². The predicted molar refractivity (Wildman–Crippen MR) is 131 cm³/mol. The van der Waals surface area contributed by atoms with Crippen LogP contribution in [0.2, 0.25) is 0 Å². The second-order valence-corrected chi connectivity index (χ2v) is 9.04. The number of carbonyl (C=O) groups is 1. The Balaban J connectivity index is 1.51. The van der Waals surface area contributed by atoms with Gasteiger partial charge in [0.05, 0.1) is 27.7 Å². The van der Waals surface area contributed by atoms with Crippen molar-refractivity contribution in [2.24, 2.45) is 5.10 Å². The summed E-state index contributed by atoms with van der Waals surface area (Å²) in [7, 11) is 2.09. The normalized spacial score (nSPS) is 18.8. The second-order valence-electron chi connectivity index (χ2n) is 7.97. The van der Waals surface area contributed by atoms with Gasteiger partial charge >= 0.3 is 0 Å². The van der Waals surface area contributed by atoms with Crippen LogP contribution in [-0.4, -0.2) is 18.7 Å². The van der Waals surface area contributed by atoms with Gasteiger partial charge in [0.25, 0.3) is 5.91 Å². The first-order valence-electron chi connectivity index (χ1n) is 10.3. The number of hydrogen-bond donors (Lipinski definition) is 0. The molecule has 1 amide bonds. The van der Waals surface area contributed by atoms with E-state index in [1.165, 1.54) is 26.4 Å². The zero-order chi connectivity index (χ0) is 21.7. The number of hydrazone groups is 1. The van der Waals surface area contributed by atoms with Crippen molar-refractivity contribution in [1.29, 1.82) is 0 Å². The fourth-order valence-electron chi connectivity index (χ4n) is 4.16. The molecule has 0 saturated heterocycles. The number of fused-ring (bicyclic) bond motifs is 3. The Morgan fingerprint density at radius 2 is 1.74 bits per heavy atom. The molecule has 3 aromatic carbocycles. The smallest absolute Gasteiger partial charge is 0.280 e. The van der Waals surface area contributed by atoms with E-state index in [1.54, 1.807) is 11.8 Å². The first-order valence-corrected chi connectivity index (χ1v) is 11.1. The fraction of sp³-hybridized carbons (Fsp3) is 0.154. The van der Waals surface area contributed by atoms with E-state index in [9.17, 15) is 4.79 Å². The van der Waals surface area contributed by atoms with Crippen molar-refractivity contribution in [2.45, 2.75) is 25.7 Å². The van der Waals surface area contributed by atoms with Gasteiger partial charge < -0.3 is 4.90 Å². The van der Waals surface area contributed by atoms with Crippen molar-refractivity contribution < 1.29 is 4.79 Å². The van der Waals surface area contributed by atoms with Crippen LogP contribution in [0.3, 0.4) is 0 Å². The molecular formula is C26H23N3OS. The fourth-order valence-corrected chi connectivity index (χ4v) is 5.33. The minimum atomic E-state index is -0.0793. The summed E-state index contributed by atoms with van der Waals surface area (Å²) in [6.07, 6.45) is 2.10. The maximum atomic E-state index is 13.2. The van der Waals surface area contributed by atoms with Crippen LogP contribution in [0.15, 0.2) is 92.9 Å².